The van der Waals surface area contributed by atoms with Crippen molar-refractivity contribution in [1.82, 2.24) is 15.2 Å². The van der Waals surface area contributed by atoms with Gasteiger partial charge in [-0.25, -0.2) is 4.79 Å². The number of anilines is 1. The molecule has 0 amide bonds. The molecule has 152 valence electrons. The van der Waals surface area contributed by atoms with E-state index in [4.69, 9.17) is 4.74 Å². The number of guanidine groups is 1. The van der Waals surface area contributed by atoms with Gasteiger partial charge < -0.3 is 14.5 Å². The van der Waals surface area contributed by atoms with Gasteiger partial charge in [0.1, 0.15) is 6.67 Å². The van der Waals surface area contributed by atoms with Crippen LogP contribution in [0.4, 0.5) is 18.9 Å². The second kappa shape index (κ2) is 8.09. The zero-order chi connectivity index (χ0) is 20.3. The third-order valence-electron chi connectivity index (χ3n) is 4.28. The van der Waals surface area contributed by atoms with Crippen LogP contribution in [0.25, 0.3) is 0 Å². The van der Waals surface area contributed by atoms with Crippen molar-refractivity contribution in [2.45, 2.75) is 12.6 Å². The summed E-state index contributed by atoms with van der Waals surface area (Å²) in [5, 5.41) is 4.13. The zero-order valence-electron chi connectivity index (χ0n) is 15.7. The van der Waals surface area contributed by atoms with Gasteiger partial charge in [-0.05, 0) is 38.7 Å². The number of fused-ring (bicyclic) bond motifs is 1. The highest BCUT2D eigenvalue weighted by molar-refractivity contribution is 6.03. The first-order chi connectivity index (χ1) is 13.3. The average Bonchev–Trinajstić information content (AvgIpc) is 3.12. The molecule has 2 aliphatic rings. The van der Waals surface area contributed by atoms with Gasteiger partial charge in [0.15, 0.2) is 0 Å². The van der Waals surface area contributed by atoms with Crippen LogP contribution in [0.5, 0.6) is 0 Å². The molecule has 0 aliphatic carbocycles. The van der Waals surface area contributed by atoms with Crippen molar-refractivity contribution in [3.05, 3.63) is 41.6 Å². The predicted molar refractivity (Wildman–Crippen MR) is 98.3 cm³/mol. The summed E-state index contributed by atoms with van der Waals surface area (Å²) in [6, 6.07) is 4.90. The molecule has 2 heterocycles. The molecule has 28 heavy (non-hydrogen) atoms. The van der Waals surface area contributed by atoms with Crippen LogP contribution in [0.1, 0.15) is 12.0 Å². The number of carbonyl (C=O) groups excluding carboxylic acids is 1. The van der Waals surface area contributed by atoms with Gasteiger partial charge in [0.25, 0.3) is 0 Å². The molecule has 1 aromatic rings. The highest BCUT2D eigenvalue weighted by atomic mass is 19.4. The molecule has 0 saturated carbocycles. The summed E-state index contributed by atoms with van der Waals surface area (Å²) in [5.74, 6) is -0.0508. The Kier molecular flexibility index (Phi) is 5.78. The Hall–Kier alpha value is -2.75. The summed E-state index contributed by atoms with van der Waals surface area (Å²) in [7, 11) is 3.86. The lowest BCUT2D eigenvalue weighted by Gasteiger charge is -2.33. The van der Waals surface area contributed by atoms with Crippen LogP contribution in [0.2, 0.25) is 0 Å². The summed E-state index contributed by atoms with van der Waals surface area (Å²) >= 11 is 0. The van der Waals surface area contributed by atoms with E-state index in [1.807, 2.05) is 19.0 Å². The van der Waals surface area contributed by atoms with Crippen molar-refractivity contribution in [3.63, 3.8) is 0 Å². The number of hydrogen-bond donors (Lipinski definition) is 1. The normalized spacial score (nSPS) is 16.5. The summed E-state index contributed by atoms with van der Waals surface area (Å²) < 4.78 is 44.5. The summed E-state index contributed by atoms with van der Waals surface area (Å²) in [6.07, 6.45) is -2.27. The number of nitrogens with one attached hydrogen (secondary N) is 1. The number of hydrazone groups is 1. The third kappa shape index (κ3) is 4.56. The van der Waals surface area contributed by atoms with E-state index in [-0.39, 0.29) is 18.8 Å². The number of alkyl halides is 3. The highest BCUT2D eigenvalue weighted by Gasteiger charge is 2.34. The molecule has 0 atom stereocenters. The van der Waals surface area contributed by atoms with Crippen molar-refractivity contribution in [3.8, 4) is 0 Å². The van der Waals surface area contributed by atoms with Gasteiger partial charge in [0, 0.05) is 18.4 Å². The van der Waals surface area contributed by atoms with Crippen LogP contribution >= 0.6 is 0 Å². The van der Waals surface area contributed by atoms with Gasteiger partial charge in [-0.1, -0.05) is 6.07 Å². The smallest absolute Gasteiger partial charge is 0.416 e. The van der Waals surface area contributed by atoms with E-state index in [0.717, 1.165) is 18.7 Å². The Morgan fingerprint density at radius 1 is 1.36 bits per heavy atom. The molecule has 3 rings (SSSR count). The van der Waals surface area contributed by atoms with E-state index in [2.05, 4.69) is 10.5 Å². The number of nitrogens with zero attached hydrogens (tertiary/aromatic N) is 4. The van der Waals surface area contributed by atoms with Gasteiger partial charge in [-0.2, -0.15) is 13.2 Å². The Morgan fingerprint density at radius 2 is 2.14 bits per heavy atom. The maximum absolute atomic E-state index is 13.1. The topological polar surface area (TPSA) is 60.4 Å². The fourth-order valence-corrected chi connectivity index (χ4v) is 2.90. The number of esters is 1. The molecule has 0 fully saturated rings. The molecule has 0 radical (unpaired) electrons. The second-order valence-electron chi connectivity index (χ2n) is 6.79. The fourth-order valence-electron chi connectivity index (χ4n) is 2.90. The number of hydrogen-bond acceptors (Lipinski definition) is 7. The lowest BCUT2D eigenvalue weighted by Crippen LogP contribution is -2.46. The Balaban J connectivity index is 1.81. The maximum Gasteiger partial charge on any atom is 0.416 e. The van der Waals surface area contributed by atoms with E-state index >= 15 is 0 Å². The first-order valence-electron chi connectivity index (χ1n) is 8.80. The molecule has 0 bridgehead atoms. The van der Waals surface area contributed by atoms with Gasteiger partial charge in [-0.3, -0.25) is 10.3 Å². The molecule has 0 saturated heterocycles. The molecule has 7 nitrogen and oxygen atoms in total. The minimum absolute atomic E-state index is 0.264. The molecule has 0 aromatic heterocycles. The molecule has 0 unspecified atom stereocenters. The molecular weight excluding hydrogens is 375 g/mol. The average molecular weight is 397 g/mol. The van der Waals surface area contributed by atoms with Crippen molar-refractivity contribution < 1.29 is 22.7 Å². The van der Waals surface area contributed by atoms with Crippen molar-refractivity contribution >= 4 is 17.6 Å². The first kappa shape index (κ1) is 20.0. The summed E-state index contributed by atoms with van der Waals surface area (Å²) in [4.78, 5) is 17.7. The first-order valence-corrected chi connectivity index (χ1v) is 8.80. The SMILES string of the molecule is CN(C)CCCOC(=O)C1=CN(c2cccc(C(F)(F)F)c2)C2=NNCN2C1. The second-order valence-corrected chi connectivity index (χ2v) is 6.79. The standard InChI is InChI=1S/C18H22F3N5O2/c1-24(2)7-4-8-28-16(27)13-10-25-12-22-23-17(25)26(11-13)15-6-3-5-14(9-15)18(19,20)21/h3,5-6,9,11,22H,4,7-8,10,12H2,1-2H3. The number of halogens is 3. The highest BCUT2D eigenvalue weighted by Crippen LogP contribution is 2.33. The van der Waals surface area contributed by atoms with Crippen molar-refractivity contribution in [2.24, 2.45) is 5.10 Å². The fraction of sp³-hybridized carbons (Fsp3) is 0.444. The molecule has 0 spiro atoms. The van der Waals surface area contributed by atoms with Gasteiger partial charge in [0.05, 0.1) is 24.3 Å². The molecule has 2 aliphatic heterocycles. The number of ether oxygens (including phenoxy) is 1. The molecule has 1 aromatic carbocycles. The molecule has 10 heteroatoms. The number of carbonyl (C=O) groups is 1. The lowest BCUT2D eigenvalue weighted by atomic mass is 10.1. The van der Waals surface area contributed by atoms with Crippen LogP contribution < -0.4 is 10.3 Å². The Labute approximate surface area is 161 Å². The van der Waals surface area contributed by atoms with Crippen LogP contribution in [0.15, 0.2) is 41.1 Å². The van der Waals surface area contributed by atoms with Gasteiger partial charge >= 0.3 is 12.1 Å². The zero-order valence-corrected chi connectivity index (χ0v) is 15.7. The van der Waals surface area contributed by atoms with Crippen LogP contribution in [-0.2, 0) is 15.7 Å². The molecule has 1 N–H and O–H groups in total. The summed E-state index contributed by atoms with van der Waals surface area (Å²) in [5.41, 5.74) is 2.64. The quantitative estimate of drug-likeness (QED) is 0.586. The Morgan fingerprint density at radius 3 is 2.86 bits per heavy atom. The minimum atomic E-state index is -4.46. The molecular formula is C18H22F3N5O2. The van der Waals surface area contributed by atoms with E-state index in [1.165, 1.54) is 23.2 Å². The number of rotatable bonds is 6. The van der Waals surface area contributed by atoms with Crippen LogP contribution in [0, 0.1) is 0 Å². The van der Waals surface area contributed by atoms with Crippen molar-refractivity contribution in [1.29, 1.82) is 0 Å². The van der Waals surface area contributed by atoms with E-state index in [0.29, 0.717) is 24.6 Å². The largest absolute Gasteiger partial charge is 0.462 e. The van der Waals surface area contributed by atoms with Gasteiger partial charge in [0.2, 0.25) is 5.96 Å². The van der Waals surface area contributed by atoms with Crippen molar-refractivity contribution in [2.75, 3.05) is 45.4 Å². The number of benzene rings is 1. The van der Waals surface area contributed by atoms with Crippen LogP contribution in [-0.4, -0.2) is 62.2 Å². The summed E-state index contributed by atoms with van der Waals surface area (Å²) in [6.45, 7) is 1.69. The predicted octanol–water partition coefficient (Wildman–Crippen LogP) is 2.04. The van der Waals surface area contributed by atoms with E-state index in [1.54, 1.807) is 4.90 Å². The monoisotopic (exact) mass is 397 g/mol. The van der Waals surface area contributed by atoms with Gasteiger partial charge in [-0.15, -0.1) is 5.10 Å². The van der Waals surface area contributed by atoms with Crippen LogP contribution in [0.3, 0.4) is 0 Å². The Bertz CT molecular complexity index is 792. The maximum atomic E-state index is 13.1. The van der Waals surface area contributed by atoms with E-state index in [9.17, 15) is 18.0 Å². The lowest BCUT2D eigenvalue weighted by molar-refractivity contribution is -0.139. The minimum Gasteiger partial charge on any atom is -0.462 e. The third-order valence-corrected chi connectivity index (χ3v) is 4.28. The van der Waals surface area contributed by atoms with E-state index < -0.39 is 17.7 Å².